The highest BCUT2D eigenvalue weighted by atomic mass is 16.7. The van der Waals surface area contributed by atoms with Crippen molar-refractivity contribution in [1.29, 1.82) is 0 Å². The lowest BCUT2D eigenvalue weighted by atomic mass is 10.0. The molecule has 0 saturated carbocycles. The minimum absolute atomic E-state index is 0.335. The third-order valence-electron chi connectivity index (χ3n) is 5.45. The standard InChI is InChI=1S/C23H46O2/c1-4-5-6-7-8-9-10-11-12-13-14-15-16-17-18-19-20-22-21-24-23(2,3)25-22/h22H,4-21H2,1-3H3. The highest BCUT2D eigenvalue weighted by molar-refractivity contribution is 4.70. The summed E-state index contributed by atoms with van der Waals surface area (Å²) in [6.07, 6.45) is 24.4. The molecule has 0 radical (unpaired) electrons. The molecule has 1 unspecified atom stereocenters. The van der Waals surface area contributed by atoms with Crippen molar-refractivity contribution in [3.63, 3.8) is 0 Å². The fourth-order valence-corrected chi connectivity index (χ4v) is 3.83. The van der Waals surface area contributed by atoms with E-state index in [1.807, 2.05) is 13.8 Å². The van der Waals surface area contributed by atoms with Crippen LogP contribution in [0.4, 0.5) is 0 Å². The van der Waals surface area contributed by atoms with Gasteiger partial charge in [0.05, 0.1) is 12.7 Å². The molecule has 150 valence electrons. The van der Waals surface area contributed by atoms with Crippen LogP contribution in [-0.4, -0.2) is 18.5 Å². The smallest absolute Gasteiger partial charge is 0.163 e. The average Bonchev–Trinajstić information content (AvgIpc) is 2.93. The van der Waals surface area contributed by atoms with Gasteiger partial charge in [0.15, 0.2) is 5.79 Å². The van der Waals surface area contributed by atoms with Gasteiger partial charge in [0.1, 0.15) is 0 Å². The third kappa shape index (κ3) is 13.7. The largest absolute Gasteiger partial charge is 0.348 e. The maximum Gasteiger partial charge on any atom is 0.163 e. The van der Waals surface area contributed by atoms with Crippen LogP contribution in [0, 0.1) is 0 Å². The third-order valence-corrected chi connectivity index (χ3v) is 5.45. The molecule has 1 saturated heterocycles. The van der Waals surface area contributed by atoms with E-state index < -0.39 is 0 Å². The summed E-state index contributed by atoms with van der Waals surface area (Å²) in [7, 11) is 0. The summed E-state index contributed by atoms with van der Waals surface area (Å²) in [5.74, 6) is -0.348. The topological polar surface area (TPSA) is 18.5 Å². The predicted molar refractivity (Wildman–Crippen MR) is 109 cm³/mol. The molecule has 0 bridgehead atoms. The zero-order valence-corrected chi connectivity index (χ0v) is 17.6. The Balaban J connectivity index is 1.70. The van der Waals surface area contributed by atoms with E-state index in [-0.39, 0.29) is 5.79 Å². The van der Waals surface area contributed by atoms with Gasteiger partial charge in [-0.1, -0.05) is 110 Å². The highest BCUT2D eigenvalue weighted by Crippen LogP contribution is 2.25. The van der Waals surface area contributed by atoms with E-state index in [9.17, 15) is 0 Å². The van der Waals surface area contributed by atoms with Crippen LogP contribution in [-0.2, 0) is 9.47 Å². The Hall–Kier alpha value is -0.0800. The van der Waals surface area contributed by atoms with Gasteiger partial charge in [-0.25, -0.2) is 0 Å². The minimum atomic E-state index is -0.348. The Morgan fingerprint density at radius 1 is 0.640 bits per heavy atom. The molecule has 0 aromatic carbocycles. The molecular formula is C23H46O2. The van der Waals surface area contributed by atoms with Gasteiger partial charge >= 0.3 is 0 Å². The maximum atomic E-state index is 5.85. The van der Waals surface area contributed by atoms with E-state index in [1.54, 1.807) is 0 Å². The van der Waals surface area contributed by atoms with Gasteiger partial charge in [-0.3, -0.25) is 0 Å². The minimum Gasteiger partial charge on any atom is -0.348 e. The molecule has 1 atom stereocenters. The van der Waals surface area contributed by atoms with E-state index in [2.05, 4.69) is 6.92 Å². The van der Waals surface area contributed by atoms with E-state index in [0.717, 1.165) is 6.61 Å². The van der Waals surface area contributed by atoms with Gasteiger partial charge in [0.2, 0.25) is 0 Å². The van der Waals surface area contributed by atoms with Gasteiger partial charge < -0.3 is 9.47 Å². The van der Waals surface area contributed by atoms with Gasteiger partial charge in [0, 0.05) is 0 Å². The van der Waals surface area contributed by atoms with Crippen LogP contribution >= 0.6 is 0 Å². The van der Waals surface area contributed by atoms with Crippen LogP contribution in [0.3, 0.4) is 0 Å². The molecule has 0 aromatic heterocycles. The molecule has 1 heterocycles. The molecule has 1 aliphatic heterocycles. The monoisotopic (exact) mass is 354 g/mol. The first-order valence-electron chi connectivity index (χ1n) is 11.5. The van der Waals surface area contributed by atoms with Crippen molar-refractivity contribution in [2.45, 2.75) is 142 Å². The van der Waals surface area contributed by atoms with Gasteiger partial charge in [0.25, 0.3) is 0 Å². The summed E-state index contributed by atoms with van der Waals surface area (Å²) in [6, 6.07) is 0. The number of unbranched alkanes of at least 4 members (excludes halogenated alkanes) is 15. The Morgan fingerprint density at radius 3 is 1.40 bits per heavy atom. The van der Waals surface area contributed by atoms with Crippen molar-refractivity contribution < 1.29 is 9.47 Å². The van der Waals surface area contributed by atoms with Crippen molar-refractivity contribution in [2.24, 2.45) is 0 Å². The number of hydrogen-bond acceptors (Lipinski definition) is 2. The van der Waals surface area contributed by atoms with Crippen molar-refractivity contribution >= 4 is 0 Å². The van der Waals surface area contributed by atoms with Gasteiger partial charge in [-0.15, -0.1) is 0 Å². The fraction of sp³-hybridized carbons (Fsp3) is 1.00. The van der Waals surface area contributed by atoms with Crippen molar-refractivity contribution in [1.82, 2.24) is 0 Å². The Morgan fingerprint density at radius 2 is 1.04 bits per heavy atom. The summed E-state index contributed by atoms with van der Waals surface area (Å²) in [5.41, 5.74) is 0. The summed E-state index contributed by atoms with van der Waals surface area (Å²) >= 11 is 0. The van der Waals surface area contributed by atoms with Crippen molar-refractivity contribution in [3.05, 3.63) is 0 Å². The molecule has 0 aliphatic carbocycles. The first kappa shape index (κ1) is 23.0. The molecule has 25 heavy (non-hydrogen) atoms. The van der Waals surface area contributed by atoms with E-state index in [4.69, 9.17) is 9.47 Å². The number of rotatable bonds is 17. The lowest BCUT2D eigenvalue weighted by molar-refractivity contribution is -0.139. The lowest BCUT2D eigenvalue weighted by Gasteiger charge is -2.16. The molecule has 0 spiro atoms. The van der Waals surface area contributed by atoms with E-state index >= 15 is 0 Å². The SMILES string of the molecule is CCCCCCCCCCCCCCCCCCC1COC(C)(C)O1. The van der Waals surface area contributed by atoms with Crippen molar-refractivity contribution in [3.8, 4) is 0 Å². The zero-order chi connectivity index (χ0) is 18.2. The fourth-order valence-electron chi connectivity index (χ4n) is 3.83. The number of ether oxygens (including phenoxy) is 2. The highest BCUT2D eigenvalue weighted by Gasteiger charge is 2.31. The second-order valence-corrected chi connectivity index (χ2v) is 8.54. The summed E-state index contributed by atoms with van der Waals surface area (Å²) < 4.78 is 11.5. The Bertz CT molecular complexity index is 288. The second-order valence-electron chi connectivity index (χ2n) is 8.54. The Kier molecular flexibility index (Phi) is 13.8. The van der Waals surface area contributed by atoms with E-state index in [1.165, 1.54) is 109 Å². The molecule has 2 nitrogen and oxygen atoms in total. The molecule has 0 amide bonds. The van der Waals surface area contributed by atoms with Crippen LogP contribution in [0.2, 0.25) is 0 Å². The summed E-state index contributed by atoms with van der Waals surface area (Å²) in [5, 5.41) is 0. The summed E-state index contributed by atoms with van der Waals surface area (Å²) in [4.78, 5) is 0. The predicted octanol–water partition coefficient (Wildman–Crippen LogP) is 7.79. The average molecular weight is 355 g/mol. The molecule has 1 rings (SSSR count). The molecule has 1 aliphatic rings. The second kappa shape index (κ2) is 15.0. The van der Waals surface area contributed by atoms with Crippen LogP contribution in [0.1, 0.15) is 130 Å². The summed E-state index contributed by atoms with van der Waals surface area (Å²) in [6.45, 7) is 7.11. The van der Waals surface area contributed by atoms with Crippen molar-refractivity contribution in [2.75, 3.05) is 6.61 Å². The first-order valence-corrected chi connectivity index (χ1v) is 11.5. The zero-order valence-electron chi connectivity index (χ0n) is 17.6. The van der Waals surface area contributed by atoms with Gasteiger partial charge in [-0.05, 0) is 20.3 Å². The maximum absolute atomic E-state index is 5.85. The normalized spacial score (nSPS) is 19.6. The molecular weight excluding hydrogens is 308 g/mol. The quantitative estimate of drug-likeness (QED) is 0.248. The van der Waals surface area contributed by atoms with Crippen LogP contribution in [0.15, 0.2) is 0 Å². The van der Waals surface area contributed by atoms with Gasteiger partial charge in [-0.2, -0.15) is 0 Å². The molecule has 0 aromatic rings. The molecule has 0 N–H and O–H groups in total. The van der Waals surface area contributed by atoms with E-state index in [0.29, 0.717) is 6.10 Å². The lowest BCUT2D eigenvalue weighted by Crippen LogP contribution is -2.21. The van der Waals surface area contributed by atoms with Crippen LogP contribution in [0.5, 0.6) is 0 Å². The van der Waals surface area contributed by atoms with Crippen LogP contribution < -0.4 is 0 Å². The molecule has 2 heteroatoms. The molecule has 1 fully saturated rings. The Labute approximate surface area is 158 Å². The number of hydrogen-bond donors (Lipinski definition) is 0. The first-order chi connectivity index (χ1) is 12.1. The van der Waals surface area contributed by atoms with Crippen LogP contribution in [0.25, 0.3) is 0 Å².